The molecular weight excluding hydrogens is 190 g/mol. The molecular formula is C12H13NO2. The first-order valence-corrected chi connectivity index (χ1v) is 4.97. The van der Waals surface area contributed by atoms with Gasteiger partial charge in [-0.25, -0.2) is 4.79 Å². The second kappa shape index (κ2) is 3.42. The number of nitrogens with one attached hydrogen (secondary N) is 1. The Labute approximate surface area is 87.7 Å². The van der Waals surface area contributed by atoms with E-state index in [0.717, 1.165) is 17.3 Å². The number of rotatable bonds is 2. The zero-order valence-corrected chi connectivity index (χ0v) is 8.79. The number of aromatic carboxylic acids is 1. The maximum atomic E-state index is 10.8. The van der Waals surface area contributed by atoms with Crippen LogP contribution in [-0.2, 0) is 6.42 Å². The van der Waals surface area contributed by atoms with Crippen LogP contribution in [0.15, 0.2) is 18.2 Å². The van der Waals surface area contributed by atoms with Crippen molar-refractivity contribution < 1.29 is 9.90 Å². The van der Waals surface area contributed by atoms with Gasteiger partial charge in [-0.3, -0.25) is 0 Å². The molecule has 0 saturated heterocycles. The van der Waals surface area contributed by atoms with Crippen molar-refractivity contribution in [1.29, 1.82) is 0 Å². The second-order valence-corrected chi connectivity index (χ2v) is 3.71. The van der Waals surface area contributed by atoms with E-state index in [1.165, 1.54) is 11.1 Å². The molecule has 1 aromatic carbocycles. The number of H-pyrrole nitrogens is 1. The number of carbonyl (C=O) groups is 1. The third kappa shape index (κ3) is 1.61. The molecule has 3 heteroatoms. The number of aromatic amines is 1. The number of fused-ring (bicyclic) bond motifs is 1. The standard InChI is InChI=1S/C12H13NO2/c1-3-8-5-10-9(4-7(8)2)6-11(13-10)12(14)15/h4-6,13H,3H2,1-2H3,(H,14,15). The van der Waals surface area contributed by atoms with Crippen molar-refractivity contribution >= 4 is 16.9 Å². The lowest BCUT2D eigenvalue weighted by atomic mass is 10.0. The molecule has 0 aliphatic heterocycles. The first kappa shape index (κ1) is 9.77. The van der Waals surface area contributed by atoms with Gasteiger partial charge in [0.15, 0.2) is 0 Å². The number of hydrogen-bond donors (Lipinski definition) is 2. The summed E-state index contributed by atoms with van der Waals surface area (Å²) in [5.41, 5.74) is 3.61. The smallest absolute Gasteiger partial charge is 0.352 e. The maximum Gasteiger partial charge on any atom is 0.352 e. The molecule has 0 aliphatic rings. The third-order valence-electron chi connectivity index (χ3n) is 2.69. The minimum atomic E-state index is -0.915. The van der Waals surface area contributed by atoms with Crippen LogP contribution < -0.4 is 0 Å². The number of carboxylic acid groups (broad SMARTS) is 1. The molecule has 15 heavy (non-hydrogen) atoms. The Morgan fingerprint density at radius 1 is 1.40 bits per heavy atom. The van der Waals surface area contributed by atoms with E-state index in [9.17, 15) is 4.79 Å². The largest absolute Gasteiger partial charge is 0.477 e. The zero-order valence-electron chi connectivity index (χ0n) is 8.79. The number of benzene rings is 1. The van der Waals surface area contributed by atoms with Crippen LogP contribution in [0.1, 0.15) is 28.5 Å². The first-order valence-electron chi connectivity index (χ1n) is 4.97. The fourth-order valence-electron chi connectivity index (χ4n) is 1.84. The lowest BCUT2D eigenvalue weighted by molar-refractivity contribution is 0.0691. The second-order valence-electron chi connectivity index (χ2n) is 3.71. The van der Waals surface area contributed by atoms with E-state index in [1.54, 1.807) is 6.07 Å². The molecule has 3 nitrogen and oxygen atoms in total. The minimum absolute atomic E-state index is 0.248. The van der Waals surface area contributed by atoms with Crippen molar-refractivity contribution in [3.63, 3.8) is 0 Å². The van der Waals surface area contributed by atoms with Gasteiger partial charge in [0.1, 0.15) is 5.69 Å². The summed E-state index contributed by atoms with van der Waals surface area (Å²) in [7, 11) is 0. The number of aromatic nitrogens is 1. The van der Waals surface area contributed by atoms with Gasteiger partial charge in [0.25, 0.3) is 0 Å². The highest BCUT2D eigenvalue weighted by molar-refractivity contribution is 5.94. The van der Waals surface area contributed by atoms with Crippen LogP contribution in [0, 0.1) is 6.92 Å². The Kier molecular flexibility index (Phi) is 2.23. The molecule has 0 aliphatic carbocycles. The Balaban J connectivity index is 2.66. The molecule has 0 radical (unpaired) electrons. The predicted molar refractivity (Wildman–Crippen MR) is 59.4 cm³/mol. The number of hydrogen-bond acceptors (Lipinski definition) is 1. The van der Waals surface area contributed by atoms with E-state index in [1.807, 2.05) is 19.1 Å². The maximum absolute atomic E-state index is 10.8. The van der Waals surface area contributed by atoms with Crippen LogP contribution in [0.5, 0.6) is 0 Å². The monoisotopic (exact) mass is 203 g/mol. The third-order valence-corrected chi connectivity index (χ3v) is 2.69. The summed E-state index contributed by atoms with van der Waals surface area (Å²) in [6.07, 6.45) is 0.962. The van der Waals surface area contributed by atoms with Crippen molar-refractivity contribution in [1.82, 2.24) is 4.98 Å². The average molecular weight is 203 g/mol. The van der Waals surface area contributed by atoms with Gasteiger partial charge in [0.2, 0.25) is 0 Å². The Morgan fingerprint density at radius 3 is 2.73 bits per heavy atom. The molecule has 0 spiro atoms. The lowest BCUT2D eigenvalue weighted by Crippen LogP contribution is -1.94. The molecule has 2 N–H and O–H groups in total. The first-order chi connectivity index (χ1) is 7.11. The van der Waals surface area contributed by atoms with Crippen molar-refractivity contribution in [2.75, 3.05) is 0 Å². The van der Waals surface area contributed by atoms with Gasteiger partial charge in [0.05, 0.1) is 0 Å². The summed E-state index contributed by atoms with van der Waals surface area (Å²) < 4.78 is 0. The number of carboxylic acids is 1. The van der Waals surface area contributed by atoms with Gasteiger partial charge >= 0.3 is 5.97 Å². The highest BCUT2D eigenvalue weighted by Gasteiger charge is 2.08. The minimum Gasteiger partial charge on any atom is -0.477 e. The molecule has 1 aromatic heterocycles. The Bertz CT molecular complexity index is 526. The van der Waals surface area contributed by atoms with Crippen LogP contribution in [0.3, 0.4) is 0 Å². The summed E-state index contributed by atoms with van der Waals surface area (Å²) >= 11 is 0. The van der Waals surface area contributed by atoms with Gasteiger partial charge in [-0.15, -0.1) is 0 Å². The summed E-state index contributed by atoms with van der Waals surface area (Å²) in [6, 6.07) is 5.72. The molecule has 2 rings (SSSR count). The van der Waals surface area contributed by atoms with Crippen LogP contribution in [0.25, 0.3) is 10.9 Å². The SMILES string of the molecule is CCc1cc2[nH]c(C(=O)O)cc2cc1C. The van der Waals surface area contributed by atoms with Crippen molar-refractivity contribution in [3.05, 3.63) is 35.0 Å². The van der Waals surface area contributed by atoms with Crippen molar-refractivity contribution in [2.45, 2.75) is 20.3 Å². The molecule has 0 unspecified atom stereocenters. The molecule has 0 amide bonds. The zero-order chi connectivity index (χ0) is 11.0. The molecule has 0 bridgehead atoms. The van der Waals surface area contributed by atoms with Crippen LogP contribution >= 0.6 is 0 Å². The van der Waals surface area contributed by atoms with Gasteiger partial charge in [0, 0.05) is 10.9 Å². The molecule has 0 saturated carbocycles. The summed E-state index contributed by atoms with van der Waals surface area (Å²) in [5, 5.41) is 9.81. The summed E-state index contributed by atoms with van der Waals surface area (Å²) in [5.74, 6) is -0.915. The predicted octanol–water partition coefficient (Wildman–Crippen LogP) is 2.74. The van der Waals surface area contributed by atoms with Gasteiger partial charge < -0.3 is 10.1 Å². The van der Waals surface area contributed by atoms with E-state index < -0.39 is 5.97 Å². The lowest BCUT2D eigenvalue weighted by Gasteiger charge is -2.02. The fraction of sp³-hybridized carbons (Fsp3) is 0.250. The summed E-state index contributed by atoms with van der Waals surface area (Å²) in [4.78, 5) is 13.7. The van der Waals surface area contributed by atoms with E-state index in [4.69, 9.17) is 5.11 Å². The van der Waals surface area contributed by atoms with E-state index in [0.29, 0.717) is 0 Å². The molecule has 1 heterocycles. The van der Waals surface area contributed by atoms with Crippen LogP contribution in [-0.4, -0.2) is 16.1 Å². The van der Waals surface area contributed by atoms with Crippen LogP contribution in [0.2, 0.25) is 0 Å². The Morgan fingerprint density at radius 2 is 2.13 bits per heavy atom. The average Bonchev–Trinajstić information content (AvgIpc) is 2.59. The molecule has 0 fully saturated rings. The van der Waals surface area contributed by atoms with Crippen molar-refractivity contribution in [3.8, 4) is 0 Å². The molecule has 78 valence electrons. The van der Waals surface area contributed by atoms with Crippen LogP contribution in [0.4, 0.5) is 0 Å². The number of aryl methyl sites for hydroxylation is 2. The van der Waals surface area contributed by atoms with Gasteiger partial charge in [-0.1, -0.05) is 6.92 Å². The molecule has 2 aromatic rings. The highest BCUT2D eigenvalue weighted by atomic mass is 16.4. The normalized spacial score (nSPS) is 10.8. The van der Waals surface area contributed by atoms with Crippen molar-refractivity contribution in [2.24, 2.45) is 0 Å². The highest BCUT2D eigenvalue weighted by Crippen LogP contribution is 2.21. The van der Waals surface area contributed by atoms with E-state index in [2.05, 4.69) is 11.9 Å². The topological polar surface area (TPSA) is 53.1 Å². The van der Waals surface area contributed by atoms with Gasteiger partial charge in [-0.2, -0.15) is 0 Å². The molecule has 0 atom stereocenters. The summed E-state index contributed by atoms with van der Waals surface area (Å²) in [6.45, 7) is 4.14. The fourth-order valence-corrected chi connectivity index (χ4v) is 1.84. The van der Waals surface area contributed by atoms with E-state index in [-0.39, 0.29) is 5.69 Å². The Hall–Kier alpha value is -1.77. The quantitative estimate of drug-likeness (QED) is 0.788. The van der Waals surface area contributed by atoms with Gasteiger partial charge in [-0.05, 0) is 42.7 Å². The van der Waals surface area contributed by atoms with E-state index >= 15 is 0 Å².